The number of unbranched alkanes of at least 4 members (excludes halogenated alkanes) is 2. The molecule has 1 aromatic carbocycles. The summed E-state index contributed by atoms with van der Waals surface area (Å²) in [5.74, 6) is -0.339. The molecule has 21 heavy (non-hydrogen) atoms. The van der Waals surface area contributed by atoms with Gasteiger partial charge in [0.15, 0.2) is 0 Å². The van der Waals surface area contributed by atoms with E-state index in [2.05, 4.69) is 10.6 Å². The number of halogens is 4. The predicted octanol–water partition coefficient (Wildman–Crippen LogP) is 4.08. The summed E-state index contributed by atoms with van der Waals surface area (Å²) in [6, 6.07) is 3.40. The number of nitrogens with one attached hydrogen (secondary N) is 2. The Bertz CT molecular complexity index is 478. The van der Waals surface area contributed by atoms with Crippen LogP contribution in [0.25, 0.3) is 0 Å². The van der Waals surface area contributed by atoms with Crippen LogP contribution < -0.4 is 10.6 Å². The van der Waals surface area contributed by atoms with Crippen LogP contribution in [0.15, 0.2) is 18.2 Å². The average Bonchev–Trinajstić information content (AvgIpc) is 2.41. The van der Waals surface area contributed by atoms with Crippen molar-refractivity contribution < 1.29 is 18.0 Å². The van der Waals surface area contributed by atoms with Gasteiger partial charge in [-0.05, 0) is 24.6 Å². The van der Waals surface area contributed by atoms with Crippen LogP contribution in [0.4, 0.5) is 18.9 Å². The predicted molar refractivity (Wildman–Crippen MR) is 77.5 cm³/mol. The summed E-state index contributed by atoms with van der Waals surface area (Å²) in [4.78, 5) is 11.5. The third-order valence-corrected chi connectivity index (χ3v) is 3.06. The molecule has 0 fully saturated rings. The second-order valence-electron chi connectivity index (χ2n) is 4.60. The van der Waals surface area contributed by atoms with E-state index in [1.165, 1.54) is 12.1 Å². The molecule has 0 spiro atoms. The Balaban J connectivity index is 2.57. The lowest BCUT2D eigenvalue weighted by atomic mass is 10.1. The van der Waals surface area contributed by atoms with Crippen molar-refractivity contribution >= 4 is 23.2 Å². The lowest BCUT2D eigenvalue weighted by Crippen LogP contribution is -2.31. The van der Waals surface area contributed by atoms with Crippen molar-refractivity contribution in [2.45, 2.75) is 32.4 Å². The minimum atomic E-state index is -4.52. The van der Waals surface area contributed by atoms with Crippen LogP contribution in [0, 0.1) is 0 Å². The minimum Gasteiger partial charge on any atom is -0.376 e. The summed E-state index contributed by atoms with van der Waals surface area (Å²) in [6.45, 7) is 2.36. The molecule has 0 radical (unpaired) electrons. The molecule has 7 heteroatoms. The molecule has 118 valence electrons. The number of alkyl halides is 3. The van der Waals surface area contributed by atoms with Crippen molar-refractivity contribution in [3.8, 4) is 0 Å². The van der Waals surface area contributed by atoms with Crippen molar-refractivity contribution in [1.82, 2.24) is 5.32 Å². The highest BCUT2D eigenvalue weighted by molar-refractivity contribution is 6.30. The van der Waals surface area contributed by atoms with Crippen LogP contribution in [-0.4, -0.2) is 19.0 Å². The number of hydrogen-bond donors (Lipinski definition) is 2. The quantitative estimate of drug-likeness (QED) is 0.743. The van der Waals surface area contributed by atoms with Crippen LogP contribution in [0.5, 0.6) is 0 Å². The standard InChI is InChI=1S/C14H18ClF3N2O/c1-2-3-4-7-19-13(21)9-20-12-6-5-10(15)8-11(12)14(16,17)18/h5-6,8,20H,2-4,7,9H2,1H3,(H,19,21). The molecule has 0 saturated carbocycles. The van der Waals surface area contributed by atoms with Crippen molar-refractivity contribution in [3.63, 3.8) is 0 Å². The first kappa shape index (κ1) is 17.6. The second kappa shape index (κ2) is 8.12. The van der Waals surface area contributed by atoms with E-state index in [0.29, 0.717) is 6.54 Å². The van der Waals surface area contributed by atoms with E-state index in [1.54, 1.807) is 0 Å². The molecule has 1 aromatic rings. The van der Waals surface area contributed by atoms with Gasteiger partial charge in [0.25, 0.3) is 0 Å². The number of benzene rings is 1. The van der Waals surface area contributed by atoms with Crippen LogP contribution in [0.2, 0.25) is 5.02 Å². The molecule has 0 atom stereocenters. The maximum absolute atomic E-state index is 12.8. The Hall–Kier alpha value is -1.43. The van der Waals surface area contributed by atoms with Gasteiger partial charge in [-0.2, -0.15) is 13.2 Å². The van der Waals surface area contributed by atoms with E-state index in [1.807, 2.05) is 6.92 Å². The molecule has 0 unspecified atom stereocenters. The number of rotatable bonds is 7. The lowest BCUT2D eigenvalue weighted by Gasteiger charge is -2.14. The van der Waals surface area contributed by atoms with E-state index >= 15 is 0 Å². The van der Waals surface area contributed by atoms with E-state index in [4.69, 9.17) is 11.6 Å². The summed E-state index contributed by atoms with van der Waals surface area (Å²) < 4.78 is 38.5. The fraction of sp³-hybridized carbons (Fsp3) is 0.500. The maximum atomic E-state index is 12.8. The van der Waals surface area contributed by atoms with Gasteiger partial charge < -0.3 is 10.6 Å². The number of carbonyl (C=O) groups is 1. The second-order valence-corrected chi connectivity index (χ2v) is 5.03. The van der Waals surface area contributed by atoms with Crippen molar-refractivity contribution in [2.75, 3.05) is 18.4 Å². The maximum Gasteiger partial charge on any atom is 0.418 e. The van der Waals surface area contributed by atoms with Gasteiger partial charge >= 0.3 is 6.18 Å². The summed E-state index contributed by atoms with van der Waals surface area (Å²) in [5.41, 5.74) is -1.04. The Morgan fingerprint density at radius 1 is 1.29 bits per heavy atom. The van der Waals surface area contributed by atoms with Crippen LogP contribution >= 0.6 is 11.6 Å². The van der Waals surface area contributed by atoms with Crippen LogP contribution in [-0.2, 0) is 11.0 Å². The molecule has 0 aliphatic carbocycles. The Morgan fingerprint density at radius 3 is 2.62 bits per heavy atom. The van der Waals surface area contributed by atoms with Gasteiger partial charge in [0.05, 0.1) is 12.1 Å². The first-order chi connectivity index (χ1) is 9.84. The third-order valence-electron chi connectivity index (χ3n) is 2.83. The largest absolute Gasteiger partial charge is 0.418 e. The Morgan fingerprint density at radius 2 is 2.00 bits per heavy atom. The smallest absolute Gasteiger partial charge is 0.376 e. The third kappa shape index (κ3) is 6.25. The topological polar surface area (TPSA) is 41.1 Å². The average molecular weight is 323 g/mol. The van der Waals surface area contributed by atoms with E-state index in [-0.39, 0.29) is 23.2 Å². The first-order valence-corrected chi connectivity index (χ1v) is 7.09. The van der Waals surface area contributed by atoms with Crippen molar-refractivity contribution in [2.24, 2.45) is 0 Å². The zero-order valence-electron chi connectivity index (χ0n) is 11.7. The Kier molecular flexibility index (Phi) is 6.81. The summed E-state index contributed by atoms with van der Waals surface area (Å²) in [7, 11) is 0. The van der Waals surface area contributed by atoms with E-state index in [9.17, 15) is 18.0 Å². The first-order valence-electron chi connectivity index (χ1n) is 6.72. The highest BCUT2D eigenvalue weighted by Crippen LogP contribution is 2.36. The van der Waals surface area contributed by atoms with Gasteiger partial charge in [0, 0.05) is 17.3 Å². The normalized spacial score (nSPS) is 11.3. The minimum absolute atomic E-state index is 0.00288. The van der Waals surface area contributed by atoms with Crippen LogP contribution in [0.3, 0.4) is 0 Å². The summed E-state index contributed by atoms with van der Waals surface area (Å²) >= 11 is 5.58. The number of carbonyl (C=O) groups excluding carboxylic acids is 1. The van der Waals surface area contributed by atoms with Gasteiger partial charge in [0.2, 0.25) is 5.91 Å². The number of amides is 1. The van der Waals surface area contributed by atoms with Crippen molar-refractivity contribution in [3.05, 3.63) is 28.8 Å². The van der Waals surface area contributed by atoms with Crippen molar-refractivity contribution in [1.29, 1.82) is 0 Å². The molecule has 0 bridgehead atoms. The monoisotopic (exact) mass is 322 g/mol. The van der Waals surface area contributed by atoms with Crippen LogP contribution in [0.1, 0.15) is 31.7 Å². The fourth-order valence-corrected chi connectivity index (χ4v) is 1.92. The number of hydrogen-bond acceptors (Lipinski definition) is 2. The molecular formula is C14H18ClF3N2O. The molecule has 0 aromatic heterocycles. The summed E-state index contributed by atoms with van der Waals surface area (Å²) in [5, 5.41) is 5.14. The summed E-state index contributed by atoms with van der Waals surface area (Å²) in [6.07, 6.45) is -1.63. The highest BCUT2D eigenvalue weighted by atomic mass is 35.5. The SMILES string of the molecule is CCCCCNC(=O)CNc1ccc(Cl)cc1C(F)(F)F. The number of anilines is 1. The molecule has 0 heterocycles. The van der Waals surface area contributed by atoms with Gasteiger partial charge in [-0.15, -0.1) is 0 Å². The fourth-order valence-electron chi connectivity index (χ4n) is 1.75. The molecule has 0 saturated heterocycles. The molecule has 1 amide bonds. The van der Waals surface area contributed by atoms with Gasteiger partial charge in [-0.25, -0.2) is 0 Å². The van der Waals surface area contributed by atoms with Gasteiger partial charge in [-0.3, -0.25) is 4.79 Å². The van der Waals surface area contributed by atoms with E-state index < -0.39 is 11.7 Å². The van der Waals surface area contributed by atoms with Gasteiger partial charge in [0.1, 0.15) is 0 Å². The molecular weight excluding hydrogens is 305 g/mol. The zero-order chi connectivity index (χ0) is 15.9. The molecule has 3 nitrogen and oxygen atoms in total. The Labute approximate surface area is 126 Å². The zero-order valence-corrected chi connectivity index (χ0v) is 12.4. The molecule has 0 aliphatic rings. The molecule has 1 rings (SSSR count). The van der Waals surface area contributed by atoms with E-state index in [0.717, 1.165) is 25.3 Å². The molecule has 0 aliphatic heterocycles. The molecule has 2 N–H and O–H groups in total. The lowest BCUT2D eigenvalue weighted by molar-refractivity contribution is -0.137. The highest BCUT2D eigenvalue weighted by Gasteiger charge is 2.33. The van der Waals surface area contributed by atoms with Gasteiger partial charge in [-0.1, -0.05) is 31.4 Å².